The predicted octanol–water partition coefficient (Wildman–Crippen LogP) is 2.67. The van der Waals surface area contributed by atoms with Crippen molar-refractivity contribution in [3.8, 4) is 0 Å². The molecule has 0 unspecified atom stereocenters. The Morgan fingerprint density at radius 2 is 2.05 bits per heavy atom. The number of fused-ring (bicyclic) bond motifs is 2. The maximum Gasteiger partial charge on any atom is 0.153 e. The highest BCUT2D eigenvalue weighted by Gasteiger charge is 2.09. The third-order valence-electron chi connectivity index (χ3n) is 3.24. The fraction of sp³-hybridized carbons (Fsp3) is 0.0714. The molecule has 0 radical (unpaired) electrons. The third-order valence-corrected chi connectivity index (χ3v) is 4.05. The SMILES string of the molecule is Nc1nc(Cn2ncc3ccccc32)nc2sccc12. The molecule has 0 aliphatic heterocycles. The monoisotopic (exact) mass is 281 g/mol. The van der Waals surface area contributed by atoms with E-state index in [4.69, 9.17) is 5.73 Å². The minimum atomic E-state index is 0.519. The average molecular weight is 281 g/mol. The number of rotatable bonds is 2. The molecular weight excluding hydrogens is 270 g/mol. The number of aromatic nitrogens is 4. The van der Waals surface area contributed by atoms with Crippen LogP contribution in [0.3, 0.4) is 0 Å². The molecule has 4 aromatic rings. The van der Waals surface area contributed by atoms with E-state index in [-0.39, 0.29) is 0 Å². The Labute approximate surface area is 118 Å². The zero-order valence-electron chi connectivity index (χ0n) is 10.5. The van der Waals surface area contributed by atoms with Crippen LogP contribution in [0, 0.1) is 0 Å². The number of hydrogen-bond acceptors (Lipinski definition) is 5. The molecule has 5 nitrogen and oxygen atoms in total. The molecule has 4 rings (SSSR count). The summed E-state index contributed by atoms with van der Waals surface area (Å²) in [5.74, 6) is 1.22. The van der Waals surface area contributed by atoms with Gasteiger partial charge < -0.3 is 5.73 Å². The first-order valence-electron chi connectivity index (χ1n) is 6.21. The average Bonchev–Trinajstić information content (AvgIpc) is 3.07. The van der Waals surface area contributed by atoms with Crippen molar-refractivity contribution in [2.45, 2.75) is 6.54 Å². The van der Waals surface area contributed by atoms with Crippen LogP contribution >= 0.6 is 11.3 Å². The Hall–Kier alpha value is -2.47. The molecule has 0 saturated carbocycles. The van der Waals surface area contributed by atoms with Crippen molar-refractivity contribution in [1.82, 2.24) is 19.7 Å². The highest BCUT2D eigenvalue weighted by atomic mass is 32.1. The van der Waals surface area contributed by atoms with Crippen molar-refractivity contribution in [2.24, 2.45) is 0 Å². The predicted molar refractivity (Wildman–Crippen MR) is 80.7 cm³/mol. The van der Waals surface area contributed by atoms with Crippen LogP contribution in [-0.2, 0) is 6.54 Å². The number of anilines is 1. The second-order valence-electron chi connectivity index (χ2n) is 4.53. The summed E-state index contributed by atoms with van der Waals surface area (Å²) in [5, 5.41) is 8.39. The van der Waals surface area contributed by atoms with Crippen LogP contribution in [0.2, 0.25) is 0 Å². The van der Waals surface area contributed by atoms with Crippen molar-refractivity contribution in [3.05, 3.63) is 47.7 Å². The molecule has 0 aliphatic rings. The van der Waals surface area contributed by atoms with Gasteiger partial charge in [0.05, 0.1) is 17.1 Å². The zero-order valence-corrected chi connectivity index (χ0v) is 11.3. The van der Waals surface area contributed by atoms with E-state index in [2.05, 4.69) is 15.1 Å². The molecular formula is C14H11N5S. The first-order valence-corrected chi connectivity index (χ1v) is 7.09. The molecule has 0 amide bonds. The lowest BCUT2D eigenvalue weighted by Gasteiger charge is -2.04. The molecule has 6 heteroatoms. The lowest BCUT2D eigenvalue weighted by Crippen LogP contribution is -2.07. The number of nitrogens with zero attached hydrogens (tertiary/aromatic N) is 4. The molecule has 2 N–H and O–H groups in total. The van der Waals surface area contributed by atoms with Gasteiger partial charge in [0.15, 0.2) is 5.82 Å². The van der Waals surface area contributed by atoms with E-state index in [0.29, 0.717) is 18.2 Å². The van der Waals surface area contributed by atoms with E-state index >= 15 is 0 Å². The molecule has 1 aromatic carbocycles. The highest BCUT2D eigenvalue weighted by Crippen LogP contribution is 2.23. The normalized spacial score (nSPS) is 11.4. The summed E-state index contributed by atoms with van der Waals surface area (Å²) in [6.45, 7) is 0.519. The van der Waals surface area contributed by atoms with Crippen molar-refractivity contribution < 1.29 is 0 Å². The molecule has 0 saturated heterocycles. The smallest absolute Gasteiger partial charge is 0.153 e. The van der Waals surface area contributed by atoms with Crippen LogP contribution < -0.4 is 5.73 Å². The van der Waals surface area contributed by atoms with Crippen LogP contribution in [0.25, 0.3) is 21.1 Å². The van der Waals surface area contributed by atoms with Gasteiger partial charge in [-0.15, -0.1) is 11.3 Å². The van der Waals surface area contributed by atoms with Gasteiger partial charge in [0.1, 0.15) is 17.2 Å². The maximum atomic E-state index is 5.97. The molecule has 3 aromatic heterocycles. The topological polar surface area (TPSA) is 69.6 Å². The lowest BCUT2D eigenvalue weighted by atomic mass is 10.2. The summed E-state index contributed by atoms with van der Waals surface area (Å²) < 4.78 is 1.89. The fourth-order valence-corrected chi connectivity index (χ4v) is 3.07. The second-order valence-corrected chi connectivity index (χ2v) is 5.42. The van der Waals surface area contributed by atoms with Crippen LogP contribution in [0.15, 0.2) is 41.9 Å². The zero-order chi connectivity index (χ0) is 13.5. The summed E-state index contributed by atoms with van der Waals surface area (Å²) in [6, 6.07) is 10.0. The quantitative estimate of drug-likeness (QED) is 0.613. The molecule has 3 heterocycles. The number of hydrogen-bond donors (Lipinski definition) is 1. The fourth-order valence-electron chi connectivity index (χ4n) is 2.28. The van der Waals surface area contributed by atoms with E-state index in [1.807, 2.05) is 46.6 Å². The minimum absolute atomic E-state index is 0.519. The van der Waals surface area contributed by atoms with Gasteiger partial charge >= 0.3 is 0 Å². The van der Waals surface area contributed by atoms with Crippen molar-refractivity contribution in [3.63, 3.8) is 0 Å². The van der Waals surface area contributed by atoms with Gasteiger partial charge in [-0.2, -0.15) is 5.10 Å². The Balaban J connectivity index is 1.80. The minimum Gasteiger partial charge on any atom is -0.383 e. The number of nitrogen functional groups attached to an aromatic ring is 1. The van der Waals surface area contributed by atoms with Gasteiger partial charge in [-0.3, -0.25) is 4.68 Å². The van der Waals surface area contributed by atoms with Gasteiger partial charge in [0, 0.05) is 5.39 Å². The van der Waals surface area contributed by atoms with E-state index in [9.17, 15) is 0 Å². The molecule has 0 aliphatic carbocycles. The molecule has 0 bridgehead atoms. The number of para-hydroxylation sites is 1. The van der Waals surface area contributed by atoms with Gasteiger partial charge in [0.25, 0.3) is 0 Å². The van der Waals surface area contributed by atoms with Crippen molar-refractivity contribution >= 4 is 38.3 Å². The Morgan fingerprint density at radius 1 is 1.15 bits per heavy atom. The summed E-state index contributed by atoms with van der Waals surface area (Å²) in [4.78, 5) is 9.83. The number of thiophene rings is 1. The third kappa shape index (κ3) is 1.73. The summed E-state index contributed by atoms with van der Waals surface area (Å²) in [5.41, 5.74) is 7.04. The Bertz CT molecular complexity index is 908. The van der Waals surface area contributed by atoms with Crippen molar-refractivity contribution in [2.75, 3.05) is 5.73 Å². The summed E-state index contributed by atoms with van der Waals surface area (Å²) in [7, 11) is 0. The van der Waals surface area contributed by atoms with Crippen LogP contribution in [-0.4, -0.2) is 19.7 Å². The van der Waals surface area contributed by atoms with Crippen LogP contribution in [0.5, 0.6) is 0 Å². The standard InChI is InChI=1S/C14H11N5S/c15-13-10-5-6-20-14(10)18-12(17-13)8-19-11-4-2-1-3-9(11)7-16-19/h1-7H,8H2,(H2,15,17,18). The van der Waals surface area contributed by atoms with Crippen molar-refractivity contribution in [1.29, 1.82) is 0 Å². The highest BCUT2D eigenvalue weighted by molar-refractivity contribution is 7.16. The van der Waals surface area contributed by atoms with Crippen LogP contribution in [0.4, 0.5) is 5.82 Å². The van der Waals surface area contributed by atoms with E-state index < -0.39 is 0 Å². The molecule has 0 spiro atoms. The Morgan fingerprint density at radius 3 is 3.00 bits per heavy atom. The molecule has 98 valence electrons. The summed E-state index contributed by atoms with van der Waals surface area (Å²) in [6.07, 6.45) is 1.85. The van der Waals surface area contributed by atoms with Crippen LogP contribution in [0.1, 0.15) is 5.82 Å². The van der Waals surface area contributed by atoms with Gasteiger partial charge in [-0.25, -0.2) is 9.97 Å². The first kappa shape index (κ1) is 11.4. The number of benzene rings is 1. The lowest BCUT2D eigenvalue weighted by molar-refractivity contribution is 0.681. The second kappa shape index (κ2) is 4.28. The summed E-state index contributed by atoms with van der Waals surface area (Å²) >= 11 is 1.57. The van der Waals surface area contributed by atoms with Gasteiger partial charge in [-0.1, -0.05) is 18.2 Å². The van der Waals surface area contributed by atoms with Gasteiger partial charge in [0.2, 0.25) is 0 Å². The maximum absolute atomic E-state index is 5.97. The molecule has 0 atom stereocenters. The Kier molecular flexibility index (Phi) is 2.43. The van der Waals surface area contributed by atoms with Gasteiger partial charge in [-0.05, 0) is 17.5 Å². The first-order chi connectivity index (χ1) is 9.81. The molecule has 20 heavy (non-hydrogen) atoms. The van der Waals surface area contributed by atoms with E-state index in [1.165, 1.54) is 0 Å². The number of nitrogens with two attached hydrogens (primary N) is 1. The van der Waals surface area contributed by atoms with E-state index in [1.54, 1.807) is 11.3 Å². The van der Waals surface area contributed by atoms with E-state index in [0.717, 1.165) is 21.1 Å². The molecule has 0 fully saturated rings. The largest absolute Gasteiger partial charge is 0.383 e.